The Hall–Kier alpha value is -1.11. The fourth-order valence-corrected chi connectivity index (χ4v) is 6.24. The van der Waals surface area contributed by atoms with Gasteiger partial charge < -0.3 is 4.48 Å². The van der Waals surface area contributed by atoms with Gasteiger partial charge in [0, 0.05) is 5.56 Å². The van der Waals surface area contributed by atoms with Crippen molar-refractivity contribution in [1.29, 1.82) is 5.26 Å². The van der Waals surface area contributed by atoms with Crippen LogP contribution in [0.1, 0.15) is 11.2 Å². The third-order valence-electron chi connectivity index (χ3n) is 3.11. The second-order valence-corrected chi connectivity index (χ2v) is 11.6. The van der Waals surface area contributed by atoms with Gasteiger partial charge in [-0.15, -0.1) is 0 Å². The molecule has 0 aliphatic rings. The van der Waals surface area contributed by atoms with Crippen molar-refractivity contribution < 1.29 is 4.48 Å². The van der Waals surface area contributed by atoms with E-state index in [1.54, 1.807) is 0 Å². The number of nitrogens with zero attached hydrogens (tertiary/aromatic N) is 2. The van der Waals surface area contributed by atoms with Crippen molar-refractivity contribution in [3.8, 4) is 6.07 Å². The van der Waals surface area contributed by atoms with Crippen molar-refractivity contribution in [2.45, 2.75) is 25.3 Å². The van der Waals surface area contributed by atoms with Crippen LogP contribution in [-0.2, 0) is 0 Å². The lowest BCUT2D eigenvalue weighted by atomic mass is 10.2. The Morgan fingerprint density at radius 3 is 2.12 bits per heavy atom. The molecule has 1 aromatic carbocycles. The van der Waals surface area contributed by atoms with E-state index in [-0.39, 0.29) is 0 Å². The summed E-state index contributed by atoms with van der Waals surface area (Å²) >= 11 is 0. The minimum Gasteiger partial charge on any atom is -0.314 e. The second kappa shape index (κ2) is 5.03. The Morgan fingerprint density at radius 2 is 1.71 bits per heavy atom. The zero-order valence-corrected chi connectivity index (χ0v) is 12.6. The number of hydrogen-bond acceptors (Lipinski definition) is 1. The molecule has 1 unspecified atom stereocenters. The molecule has 0 heterocycles. The van der Waals surface area contributed by atoms with E-state index in [0.29, 0.717) is 12.2 Å². The summed E-state index contributed by atoms with van der Waals surface area (Å²) in [7, 11) is 2.95. The Kier molecular flexibility index (Phi) is 4.13. The van der Waals surface area contributed by atoms with Crippen LogP contribution in [0, 0.1) is 11.3 Å². The summed E-state index contributed by atoms with van der Waals surface area (Å²) in [6, 6.07) is 12.9. The highest BCUT2D eigenvalue weighted by molar-refractivity contribution is 6.77. The van der Waals surface area contributed by atoms with Crippen LogP contribution in [0.25, 0.3) is 0 Å². The van der Waals surface area contributed by atoms with E-state index in [9.17, 15) is 0 Å². The van der Waals surface area contributed by atoms with Crippen molar-refractivity contribution in [1.82, 2.24) is 0 Å². The molecular weight excluding hydrogens is 224 g/mol. The van der Waals surface area contributed by atoms with Crippen LogP contribution in [0.2, 0.25) is 19.6 Å². The molecule has 1 aromatic rings. The number of hydrogen-bond donors (Lipinski definition) is 0. The lowest BCUT2D eigenvalue weighted by Gasteiger charge is -2.42. The molecule has 0 aliphatic heterocycles. The predicted octanol–water partition coefficient (Wildman–Crippen LogP) is 3.21. The lowest BCUT2D eigenvalue weighted by Crippen LogP contribution is -2.53. The number of quaternary nitrogens is 1. The highest BCUT2D eigenvalue weighted by Crippen LogP contribution is 2.33. The summed E-state index contributed by atoms with van der Waals surface area (Å²) in [5.41, 5.74) is 1.83. The van der Waals surface area contributed by atoms with Gasteiger partial charge in [0.1, 0.15) is 14.1 Å². The van der Waals surface area contributed by atoms with Gasteiger partial charge in [0.15, 0.2) is 6.54 Å². The average molecular weight is 247 g/mol. The maximum Gasteiger partial charge on any atom is 0.166 e. The molecule has 0 fully saturated rings. The molecule has 0 radical (unpaired) electrons. The molecule has 0 saturated carbocycles. The average Bonchev–Trinajstić information content (AvgIpc) is 2.16. The van der Waals surface area contributed by atoms with Gasteiger partial charge in [-0.25, -0.2) is 0 Å². The van der Waals surface area contributed by atoms with Crippen LogP contribution in [0.15, 0.2) is 30.3 Å². The summed E-state index contributed by atoms with van der Waals surface area (Å²) in [5.74, 6) is 0. The quantitative estimate of drug-likeness (QED) is 0.455. The fraction of sp³-hybridized carbons (Fsp3) is 0.500. The SMILES string of the molecule is C[N+](C)(CC#N)C(c1ccccc1)[Si](C)(C)C. The zero-order valence-electron chi connectivity index (χ0n) is 11.6. The van der Waals surface area contributed by atoms with Crippen LogP contribution in [-0.4, -0.2) is 33.2 Å². The van der Waals surface area contributed by atoms with E-state index in [1.165, 1.54) is 5.56 Å². The van der Waals surface area contributed by atoms with Crippen molar-refractivity contribution in [2.75, 3.05) is 20.6 Å². The summed E-state index contributed by atoms with van der Waals surface area (Å²) in [6.07, 6.45) is 0. The summed E-state index contributed by atoms with van der Waals surface area (Å²) in [4.78, 5) is 0. The molecule has 17 heavy (non-hydrogen) atoms. The predicted molar refractivity (Wildman–Crippen MR) is 75.1 cm³/mol. The maximum atomic E-state index is 9.01. The lowest BCUT2D eigenvalue weighted by molar-refractivity contribution is -0.902. The molecule has 0 aromatic heterocycles. The highest BCUT2D eigenvalue weighted by atomic mass is 28.3. The molecule has 0 saturated heterocycles. The molecule has 0 bridgehead atoms. The van der Waals surface area contributed by atoms with Crippen LogP contribution in [0.3, 0.4) is 0 Å². The van der Waals surface area contributed by atoms with Gasteiger partial charge in [0.25, 0.3) is 0 Å². The van der Waals surface area contributed by atoms with Gasteiger partial charge >= 0.3 is 0 Å². The topological polar surface area (TPSA) is 23.8 Å². The first kappa shape index (κ1) is 13.9. The minimum absolute atomic E-state index is 0.461. The van der Waals surface area contributed by atoms with Crippen molar-refractivity contribution in [3.05, 3.63) is 35.9 Å². The van der Waals surface area contributed by atoms with Gasteiger partial charge in [-0.2, -0.15) is 5.26 Å². The van der Waals surface area contributed by atoms with Gasteiger partial charge in [-0.3, -0.25) is 0 Å². The molecule has 2 nitrogen and oxygen atoms in total. The summed E-state index contributed by atoms with van der Waals surface area (Å²) < 4.78 is 0.760. The smallest absolute Gasteiger partial charge is 0.166 e. The zero-order chi connectivity index (χ0) is 13.1. The van der Waals surface area contributed by atoms with E-state index < -0.39 is 8.07 Å². The fourth-order valence-electron chi connectivity index (χ4n) is 2.86. The number of rotatable bonds is 4. The van der Waals surface area contributed by atoms with Crippen LogP contribution in [0.4, 0.5) is 0 Å². The molecule has 0 amide bonds. The van der Waals surface area contributed by atoms with Crippen LogP contribution >= 0.6 is 0 Å². The van der Waals surface area contributed by atoms with Gasteiger partial charge in [0.2, 0.25) is 0 Å². The molecule has 3 heteroatoms. The van der Waals surface area contributed by atoms with Gasteiger partial charge in [-0.1, -0.05) is 50.0 Å². The van der Waals surface area contributed by atoms with Gasteiger partial charge in [-0.05, 0) is 0 Å². The van der Waals surface area contributed by atoms with Gasteiger partial charge in [0.05, 0.1) is 19.8 Å². The van der Waals surface area contributed by atoms with Crippen LogP contribution in [0.5, 0.6) is 0 Å². The molecule has 1 rings (SSSR count). The Bertz CT molecular complexity index is 398. The van der Waals surface area contributed by atoms with E-state index in [1.807, 2.05) is 0 Å². The first-order valence-electron chi connectivity index (χ1n) is 6.03. The van der Waals surface area contributed by atoms with Crippen molar-refractivity contribution in [2.24, 2.45) is 0 Å². The summed E-state index contributed by atoms with van der Waals surface area (Å²) in [6.45, 7) is 7.69. The second-order valence-electron chi connectivity index (χ2n) is 6.27. The third-order valence-corrected chi connectivity index (χ3v) is 5.79. The Morgan fingerprint density at radius 1 is 1.18 bits per heavy atom. The number of benzene rings is 1. The highest BCUT2D eigenvalue weighted by Gasteiger charge is 2.40. The van der Waals surface area contributed by atoms with E-state index >= 15 is 0 Å². The maximum absolute atomic E-state index is 9.01. The molecule has 92 valence electrons. The standard InChI is InChI=1S/C14H23N2Si/c1-16(2,12-11-15)14(17(3,4)5)13-9-7-6-8-10-13/h6-10,14H,12H2,1-5H3/q+1. The molecule has 0 aliphatic carbocycles. The van der Waals surface area contributed by atoms with Crippen LogP contribution < -0.4 is 0 Å². The summed E-state index contributed by atoms with van der Waals surface area (Å²) in [5, 5.41) is 9.01. The van der Waals surface area contributed by atoms with E-state index in [2.05, 4.69) is 70.1 Å². The first-order valence-corrected chi connectivity index (χ1v) is 9.61. The minimum atomic E-state index is -1.38. The monoisotopic (exact) mass is 247 g/mol. The first-order chi connectivity index (χ1) is 7.79. The molecular formula is C14H23N2Si+. The Balaban J connectivity index is 3.20. The largest absolute Gasteiger partial charge is 0.314 e. The van der Waals surface area contributed by atoms with Crippen molar-refractivity contribution >= 4 is 8.07 Å². The molecule has 0 N–H and O–H groups in total. The normalized spacial score (nSPS) is 14.1. The molecule has 1 atom stereocenters. The van der Waals surface area contributed by atoms with Crippen molar-refractivity contribution in [3.63, 3.8) is 0 Å². The van der Waals surface area contributed by atoms with E-state index in [4.69, 9.17) is 5.26 Å². The van der Waals surface area contributed by atoms with E-state index in [0.717, 1.165) is 4.48 Å². The number of nitriles is 1. The third kappa shape index (κ3) is 3.42. The molecule has 0 spiro atoms. The Labute approximate surface area is 106 Å².